The zero-order valence-corrected chi connectivity index (χ0v) is 16.5. The quantitative estimate of drug-likeness (QED) is 0.547. The summed E-state index contributed by atoms with van der Waals surface area (Å²) in [7, 11) is 1.36. The molecule has 1 aliphatic heterocycles. The van der Waals surface area contributed by atoms with Gasteiger partial charge in [-0.25, -0.2) is 4.79 Å². The lowest BCUT2D eigenvalue weighted by Gasteiger charge is -2.29. The Morgan fingerprint density at radius 3 is 2.38 bits per heavy atom. The Kier molecular flexibility index (Phi) is 4.19. The van der Waals surface area contributed by atoms with Gasteiger partial charge in [0, 0.05) is 31.9 Å². The van der Waals surface area contributed by atoms with Crippen molar-refractivity contribution < 1.29 is 14.3 Å². The van der Waals surface area contributed by atoms with Crippen LogP contribution < -0.4 is 5.32 Å². The Balaban J connectivity index is 1.95. The van der Waals surface area contributed by atoms with Gasteiger partial charge in [-0.1, -0.05) is 36.4 Å². The van der Waals surface area contributed by atoms with E-state index in [0.717, 1.165) is 20.4 Å². The molecule has 0 fully saturated rings. The number of hydrogen-bond donors (Lipinski definition) is 1. The monoisotopic (exact) mass is 457 g/mol. The van der Waals surface area contributed by atoms with Crippen LogP contribution in [0.1, 0.15) is 34.3 Å². The van der Waals surface area contributed by atoms with E-state index in [-0.39, 0.29) is 5.78 Å². The minimum atomic E-state index is -0.449. The fourth-order valence-corrected chi connectivity index (χ4v) is 4.06. The van der Waals surface area contributed by atoms with E-state index in [2.05, 4.69) is 27.9 Å². The van der Waals surface area contributed by atoms with Gasteiger partial charge in [0.05, 0.1) is 18.4 Å². The molecule has 1 N–H and O–H groups in total. The molecule has 0 bridgehead atoms. The van der Waals surface area contributed by atoms with Crippen molar-refractivity contribution in [1.82, 2.24) is 5.32 Å². The van der Waals surface area contributed by atoms with Crippen molar-refractivity contribution >= 4 is 40.0 Å². The van der Waals surface area contributed by atoms with Crippen LogP contribution in [-0.2, 0) is 9.53 Å². The van der Waals surface area contributed by atoms with Crippen molar-refractivity contribution in [3.63, 3.8) is 0 Å². The lowest BCUT2D eigenvalue weighted by molar-refractivity contribution is -0.136. The molecule has 26 heavy (non-hydrogen) atoms. The molecule has 0 aromatic heterocycles. The topological polar surface area (TPSA) is 55.4 Å². The number of halogens is 1. The molecule has 0 unspecified atom stereocenters. The van der Waals surface area contributed by atoms with Gasteiger partial charge in [-0.05, 0) is 47.2 Å². The molecule has 2 aromatic carbocycles. The van der Waals surface area contributed by atoms with E-state index in [9.17, 15) is 9.59 Å². The van der Waals surface area contributed by atoms with Gasteiger partial charge < -0.3 is 10.1 Å². The first kappa shape index (κ1) is 17.0. The average molecular weight is 457 g/mol. The van der Waals surface area contributed by atoms with Gasteiger partial charge in [-0.2, -0.15) is 0 Å². The first-order chi connectivity index (χ1) is 12.5. The number of hydrogen-bond acceptors (Lipinski definition) is 4. The highest BCUT2D eigenvalue weighted by atomic mass is 127. The van der Waals surface area contributed by atoms with Crippen molar-refractivity contribution in [1.29, 1.82) is 0 Å². The molecule has 0 saturated carbocycles. The number of nitrogens with one attached hydrogen (secondary N) is 1. The average Bonchev–Trinajstić information content (AvgIpc) is 2.93. The van der Waals surface area contributed by atoms with Crippen LogP contribution in [0.15, 0.2) is 65.4 Å². The van der Waals surface area contributed by atoms with Crippen LogP contribution in [-0.4, -0.2) is 18.9 Å². The van der Waals surface area contributed by atoms with Gasteiger partial charge in [0.15, 0.2) is 5.78 Å². The molecule has 2 aliphatic rings. The van der Waals surface area contributed by atoms with Crippen LogP contribution in [0, 0.1) is 3.57 Å². The molecule has 1 atom stereocenters. The molecule has 0 saturated heterocycles. The summed E-state index contributed by atoms with van der Waals surface area (Å²) in [4.78, 5) is 25.7. The molecular weight excluding hydrogens is 441 g/mol. The molecule has 0 radical (unpaired) electrons. The largest absolute Gasteiger partial charge is 0.466 e. The standard InChI is InChI=1S/C21H16INO3/c1-11-16(21(25)26-2)17(12-7-9-13(22)10-8-12)18-19(23-11)14-5-3-4-6-15(14)20(18)24/h3-10,17,23H,1-2H3/t17-/m0/s1. The fraction of sp³-hybridized carbons (Fsp3) is 0.143. The second-order valence-electron chi connectivity index (χ2n) is 6.30. The van der Waals surface area contributed by atoms with Crippen molar-refractivity contribution in [2.24, 2.45) is 0 Å². The van der Waals surface area contributed by atoms with Gasteiger partial charge in [0.2, 0.25) is 0 Å². The van der Waals surface area contributed by atoms with Gasteiger partial charge in [-0.15, -0.1) is 0 Å². The molecule has 0 amide bonds. The van der Waals surface area contributed by atoms with E-state index in [4.69, 9.17) is 4.74 Å². The van der Waals surface area contributed by atoms with Crippen molar-refractivity contribution in [3.8, 4) is 0 Å². The number of Topliss-reactive ketones (excluding diaryl/α,β-unsaturated/α-hetero) is 1. The lowest BCUT2D eigenvalue weighted by atomic mass is 9.80. The zero-order chi connectivity index (χ0) is 18.4. The second kappa shape index (κ2) is 6.39. The number of dihydropyridines is 1. The molecule has 4 nitrogen and oxygen atoms in total. The maximum atomic E-state index is 13.2. The van der Waals surface area contributed by atoms with E-state index in [1.165, 1.54) is 7.11 Å². The number of methoxy groups -OCH3 is 1. The summed E-state index contributed by atoms with van der Waals surface area (Å²) in [5.41, 5.74) is 5.04. The number of carbonyl (C=O) groups is 2. The number of rotatable bonds is 2. The number of ether oxygens (including phenoxy) is 1. The highest BCUT2D eigenvalue weighted by molar-refractivity contribution is 14.1. The first-order valence-electron chi connectivity index (χ1n) is 8.22. The number of fused-ring (bicyclic) bond motifs is 2. The molecule has 0 spiro atoms. The SMILES string of the molecule is COC(=O)C1=C(C)NC2=C(C(=O)c3ccccc32)[C@H]1c1ccc(I)cc1. The van der Waals surface area contributed by atoms with Gasteiger partial charge in [0.1, 0.15) is 0 Å². The van der Waals surface area contributed by atoms with Crippen molar-refractivity contribution in [2.75, 3.05) is 7.11 Å². The summed E-state index contributed by atoms with van der Waals surface area (Å²) in [5, 5.41) is 3.28. The maximum Gasteiger partial charge on any atom is 0.336 e. The Morgan fingerprint density at radius 2 is 1.73 bits per heavy atom. The summed E-state index contributed by atoms with van der Waals surface area (Å²) >= 11 is 2.24. The third-order valence-corrected chi connectivity index (χ3v) is 5.58. The van der Waals surface area contributed by atoms with Crippen LogP contribution >= 0.6 is 22.6 Å². The van der Waals surface area contributed by atoms with E-state index >= 15 is 0 Å². The zero-order valence-electron chi connectivity index (χ0n) is 14.3. The molecule has 130 valence electrons. The summed E-state index contributed by atoms with van der Waals surface area (Å²) in [6, 6.07) is 15.4. The molecule has 4 rings (SSSR count). The lowest BCUT2D eigenvalue weighted by Crippen LogP contribution is -2.29. The van der Waals surface area contributed by atoms with E-state index < -0.39 is 11.9 Å². The predicted octanol–water partition coefficient (Wildman–Crippen LogP) is 4.03. The van der Waals surface area contributed by atoms with Crippen molar-refractivity contribution in [3.05, 3.63) is 85.6 Å². The highest BCUT2D eigenvalue weighted by Gasteiger charge is 2.42. The van der Waals surface area contributed by atoms with Crippen LogP contribution in [0.2, 0.25) is 0 Å². The highest BCUT2D eigenvalue weighted by Crippen LogP contribution is 2.46. The van der Waals surface area contributed by atoms with E-state index in [1.54, 1.807) is 0 Å². The molecular formula is C21H16INO3. The Bertz CT molecular complexity index is 1000. The normalized spacial score (nSPS) is 18.4. The second-order valence-corrected chi connectivity index (χ2v) is 7.55. The van der Waals surface area contributed by atoms with Gasteiger partial charge in [-0.3, -0.25) is 4.79 Å². The summed E-state index contributed by atoms with van der Waals surface area (Å²) in [5.74, 6) is -0.912. The minimum absolute atomic E-state index is 0.0412. The number of ketones is 1. The molecule has 1 heterocycles. The third-order valence-electron chi connectivity index (χ3n) is 4.86. The Morgan fingerprint density at radius 1 is 1.08 bits per heavy atom. The minimum Gasteiger partial charge on any atom is -0.466 e. The first-order valence-corrected chi connectivity index (χ1v) is 9.30. The maximum absolute atomic E-state index is 13.2. The van der Waals surface area contributed by atoms with Crippen LogP contribution in [0.3, 0.4) is 0 Å². The number of carbonyl (C=O) groups excluding carboxylic acids is 2. The molecule has 1 aliphatic carbocycles. The van der Waals surface area contributed by atoms with Gasteiger partial charge >= 0.3 is 5.97 Å². The third kappa shape index (κ3) is 2.49. The fourth-order valence-electron chi connectivity index (χ4n) is 3.70. The van der Waals surface area contributed by atoms with E-state index in [0.29, 0.717) is 22.4 Å². The van der Waals surface area contributed by atoms with Crippen molar-refractivity contribution in [2.45, 2.75) is 12.8 Å². The number of esters is 1. The number of allylic oxidation sites excluding steroid dienone is 2. The van der Waals surface area contributed by atoms with Crippen LogP contribution in [0.4, 0.5) is 0 Å². The summed E-state index contributed by atoms with van der Waals surface area (Å²) in [6.45, 7) is 1.85. The Labute approximate surface area is 165 Å². The van der Waals surface area contributed by atoms with E-state index in [1.807, 2.05) is 55.5 Å². The molecule has 5 heteroatoms. The van der Waals surface area contributed by atoms with Gasteiger partial charge in [0.25, 0.3) is 0 Å². The molecule has 2 aromatic rings. The smallest absolute Gasteiger partial charge is 0.336 e. The van der Waals surface area contributed by atoms with Crippen LogP contribution in [0.5, 0.6) is 0 Å². The summed E-state index contributed by atoms with van der Waals surface area (Å²) < 4.78 is 6.12. The number of benzene rings is 2. The predicted molar refractivity (Wildman–Crippen MR) is 107 cm³/mol. The van der Waals surface area contributed by atoms with Crippen LogP contribution in [0.25, 0.3) is 5.70 Å². The Hall–Kier alpha value is -2.41. The summed E-state index contributed by atoms with van der Waals surface area (Å²) in [6.07, 6.45) is 0.